The number of aliphatic hydroxyl groups is 1. The Labute approximate surface area is 174 Å². The third-order valence-corrected chi connectivity index (χ3v) is 5.99. The number of fused-ring (bicyclic) bond motifs is 1. The molecule has 3 rings (SSSR count). The van der Waals surface area contributed by atoms with Crippen LogP contribution in [0.25, 0.3) is 0 Å². The minimum atomic E-state index is -0.702. The maximum Gasteiger partial charge on any atom is 0.191 e. The highest BCUT2D eigenvalue weighted by Crippen LogP contribution is 2.41. The number of hydrogen-bond acceptors (Lipinski definition) is 9. The fourth-order valence-corrected chi connectivity index (χ4v) is 4.67. The maximum atomic E-state index is 9.09. The van der Waals surface area contributed by atoms with Gasteiger partial charge in [0.1, 0.15) is 17.9 Å². The number of hydrogen-bond donors (Lipinski definition) is 3. The van der Waals surface area contributed by atoms with Gasteiger partial charge >= 0.3 is 0 Å². The lowest BCUT2D eigenvalue weighted by Crippen LogP contribution is -2.35. The molecule has 2 fully saturated rings. The third kappa shape index (κ3) is 5.01. The monoisotopic (exact) mass is 432 g/mol. The van der Waals surface area contributed by atoms with E-state index in [9.17, 15) is 0 Å². The topological polar surface area (TPSA) is 112 Å². The van der Waals surface area contributed by atoms with Gasteiger partial charge in [0, 0.05) is 5.75 Å². The predicted molar refractivity (Wildman–Crippen MR) is 110 cm³/mol. The number of halogens is 1. The quantitative estimate of drug-likeness (QED) is 0.234. The second kappa shape index (κ2) is 9.32. The molecule has 1 saturated carbocycles. The molecule has 8 nitrogen and oxygen atoms in total. The standard InChI is InChI=1S/C18H29ClN4O4S/c1-4-5-8-28-17-22-15(19)12(20)16(23-17)21-10-9-11(25-7-6-24)14-13(10)26-18(2,3)27-14/h10-11,13-14,24H,4-9,20H2,1-3H3,(H,21,22,23)/t10-,11+,13+,14-/m1/s1. The summed E-state index contributed by atoms with van der Waals surface area (Å²) in [5.41, 5.74) is 6.44. The number of aliphatic hydroxyl groups excluding tert-OH is 1. The van der Waals surface area contributed by atoms with Crippen LogP contribution in [0.5, 0.6) is 0 Å². The Morgan fingerprint density at radius 3 is 2.82 bits per heavy atom. The van der Waals surface area contributed by atoms with E-state index >= 15 is 0 Å². The highest BCUT2D eigenvalue weighted by atomic mass is 35.5. The van der Waals surface area contributed by atoms with Crippen LogP contribution in [0.3, 0.4) is 0 Å². The van der Waals surface area contributed by atoms with Crippen LogP contribution in [-0.4, -0.2) is 64.2 Å². The lowest BCUT2D eigenvalue weighted by Gasteiger charge is -2.24. The van der Waals surface area contributed by atoms with E-state index in [4.69, 9.17) is 36.7 Å². The van der Waals surface area contributed by atoms with E-state index in [1.54, 1.807) is 11.8 Å². The van der Waals surface area contributed by atoms with Gasteiger partial charge in [-0.15, -0.1) is 0 Å². The highest BCUT2D eigenvalue weighted by molar-refractivity contribution is 7.99. The molecule has 0 aromatic carbocycles. The van der Waals surface area contributed by atoms with Crippen molar-refractivity contribution >= 4 is 34.9 Å². The van der Waals surface area contributed by atoms with Crippen molar-refractivity contribution in [3.05, 3.63) is 5.15 Å². The summed E-state index contributed by atoms with van der Waals surface area (Å²) in [4.78, 5) is 8.83. The van der Waals surface area contributed by atoms with Crippen LogP contribution in [0.2, 0.25) is 5.15 Å². The van der Waals surface area contributed by atoms with E-state index in [1.165, 1.54) is 0 Å². The van der Waals surface area contributed by atoms with Gasteiger partial charge in [0.25, 0.3) is 0 Å². The fourth-order valence-electron chi connectivity index (χ4n) is 3.52. The zero-order valence-electron chi connectivity index (χ0n) is 16.5. The van der Waals surface area contributed by atoms with Crippen molar-refractivity contribution in [3.63, 3.8) is 0 Å². The smallest absolute Gasteiger partial charge is 0.191 e. The van der Waals surface area contributed by atoms with Crippen molar-refractivity contribution in [3.8, 4) is 0 Å². The number of thioether (sulfide) groups is 1. The van der Waals surface area contributed by atoms with Crippen molar-refractivity contribution in [2.24, 2.45) is 0 Å². The van der Waals surface area contributed by atoms with Crippen molar-refractivity contribution in [2.75, 3.05) is 30.0 Å². The number of aromatic nitrogens is 2. The molecule has 0 spiro atoms. The molecule has 2 heterocycles. The Balaban J connectivity index is 1.76. The maximum absolute atomic E-state index is 9.09. The third-order valence-electron chi connectivity index (χ3n) is 4.77. The average molecular weight is 433 g/mol. The van der Waals surface area contributed by atoms with Gasteiger partial charge in [0.2, 0.25) is 0 Å². The summed E-state index contributed by atoms with van der Waals surface area (Å²) < 4.78 is 17.9. The molecule has 158 valence electrons. The predicted octanol–water partition coefficient (Wildman–Crippen LogP) is 2.69. The lowest BCUT2D eigenvalue weighted by molar-refractivity contribution is -0.167. The highest BCUT2D eigenvalue weighted by Gasteiger charge is 2.54. The summed E-state index contributed by atoms with van der Waals surface area (Å²) in [6, 6.07) is -0.114. The Bertz CT molecular complexity index is 681. The van der Waals surface area contributed by atoms with Gasteiger partial charge in [0.05, 0.1) is 25.4 Å². The molecular weight excluding hydrogens is 404 g/mol. The number of nitrogen functional groups attached to an aromatic ring is 1. The van der Waals surface area contributed by atoms with Crippen LogP contribution in [0, 0.1) is 0 Å². The second-order valence-electron chi connectivity index (χ2n) is 7.45. The van der Waals surface area contributed by atoms with E-state index in [1.807, 2.05) is 13.8 Å². The minimum absolute atomic E-state index is 0.0386. The van der Waals surface area contributed by atoms with E-state index in [0.29, 0.717) is 23.1 Å². The van der Waals surface area contributed by atoms with E-state index in [2.05, 4.69) is 22.2 Å². The van der Waals surface area contributed by atoms with Crippen LogP contribution < -0.4 is 11.1 Å². The van der Waals surface area contributed by atoms with Crippen LogP contribution in [0.1, 0.15) is 40.0 Å². The van der Waals surface area contributed by atoms with E-state index < -0.39 is 5.79 Å². The first-order chi connectivity index (χ1) is 13.3. The van der Waals surface area contributed by atoms with Gasteiger partial charge in [-0.05, 0) is 26.7 Å². The summed E-state index contributed by atoms with van der Waals surface area (Å²) in [5.74, 6) is 0.720. The molecular formula is C18H29ClN4O4S. The summed E-state index contributed by atoms with van der Waals surface area (Å²) in [5, 5.41) is 13.3. The van der Waals surface area contributed by atoms with E-state index in [0.717, 1.165) is 18.6 Å². The van der Waals surface area contributed by atoms with Gasteiger partial charge in [-0.2, -0.15) is 0 Å². The van der Waals surface area contributed by atoms with Crippen molar-refractivity contribution < 1.29 is 19.3 Å². The zero-order chi connectivity index (χ0) is 20.3. The molecule has 0 bridgehead atoms. The molecule has 1 aromatic rings. The van der Waals surface area contributed by atoms with Gasteiger partial charge in [-0.1, -0.05) is 36.7 Å². The number of unbranched alkanes of at least 4 members (excludes halogenated alkanes) is 1. The number of nitrogens with zero attached hydrogens (tertiary/aromatic N) is 2. The second-order valence-corrected chi connectivity index (χ2v) is 8.87. The average Bonchev–Trinajstić information content (AvgIpc) is 3.11. The van der Waals surface area contributed by atoms with Crippen LogP contribution in [0.15, 0.2) is 5.16 Å². The molecule has 0 radical (unpaired) electrons. The number of nitrogens with two attached hydrogens (primary N) is 1. The van der Waals surface area contributed by atoms with Crippen LogP contribution in [-0.2, 0) is 14.2 Å². The van der Waals surface area contributed by atoms with Crippen molar-refractivity contribution in [1.82, 2.24) is 9.97 Å². The Morgan fingerprint density at radius 2 is 2.11 bits per heavy atom. The molecule has 10 heteroatoms. The minimum Gasteiger partial charge on any atom is -0.394 e. The zero-order valence-corrected chi connectivity index (χ0v) is 18.1. The Kier molecular flexibility index (Phi) is 7.27. The van der Waals surface area contributed by atoms with Crippen molar-refractivity contribution in [2.45, 2.75) is 75.3 Å². The Morgan fingerprint density at radius 1 is 1.36 bits per heavy atom. The van der Waals surface area contributed by atoms with Crippen LogP contribution >= 0.6 is 23.4 Å². The van der Waals surface area contributed by atoms with Gasteiger partial charge < -0.3 is 30.4 Å². The van der Waals surface area contributed by atoms with Gasteiger partial charge in [-0.25, -0.2) is 9.97 Å². The number of anilines is 2. The molecule has 0 amide bonds. The summed E-state index contributed by atoms with van der Waals surface area (Å²) >= 11 is 7.79. The molecule has 28 heavy (non-hydrogen) atoms. The Hall–Kier alpha value is -0.840. The molecule has 4 N–H and O–H groups in total. The largest absolute Gasteiger partial charge is 0.394 e. The molecule has 4 atom stereocenters. The van der Waals surface area contributed by atoms with E-state index in [-0.39, 0.29) is 42.7 Å². The van der Waals surface area contributed by atoms with Crippen molar-refractivity contribution in [1.29, 1.82) is 0 Å². The number of ether oxygens (including phenoxy) is 3. The number of rotatable bonds is 9. The van der Waals surface area contributed by atoms with Crippen LogP contribution in [0.4, 0.5) is 11.5 Å². The normalized spacial score (nSPS) is 28.5. The fraction of sp³-hybridized carbons (Fsp3) is 0.778. The SMILES string of the molecule is CCCCSc1nc(Cl)c(N)c(N[C@@H]2C[C@H](OCCO)[C@H]3OC(C)(C)O[C@H]32)n1. The summed E-state index contributed by atoms with van der Waals surface area (Å²) in [7, 11) is 0. The molecule has 0 unspecified atom stereocenters. The first kappa shape index (κ1) is 21.9. The lowest BCUT2D eigenvalue weighted by atomic mass is 10.2. The molecule has 1 aliphatic carbocycles. The number of nitrogens with one attached hydrogen (secondary N) is 1. The van der Waals surface area contributed by atoms with Gasteiger partial charge in [-0.3, -0.25) is 0 Å². The summed E-state index contributed by atoms with van der Waals surface area (Å²) in [6.45, 7) is 6.11. The molecule has 1 aromatic heterocycles. The first-order valence-electron chi connectivity index (χ1n) is 9.65. The molecule has 1 aliphatic heterocycles. The molecule has 2 aliphatic rings. The van der Waals surface area contributed by atoms with Gasteiger partial charge in [0.15, 0.2) is 21.9 Å². The molecule has 1 saturated heterocycles. The first-order valence-corrected chi connectivity index (χ1v) is 11.0. The summed E-state index contributed by atoms with van der Waals surface area (Å²) in [6.07, 6.45) is 2.20.